The Balaban J connectivity index is 1.62. The van der Waals surface area contributed by atoms with Crippen LogP contribution in [0.15, 0.2) is 24.3 Å². The maximum atomic E-state index is 12.7. The van der Waals surface area contributed by atoms with Gasteiger partial charge in [0.05, 0.1) is 16.3 Å². The monoisotopic (exact) mass is 455 g/mol. The summed E-state index contributed by atoms with van der Waals surface area (Å²) < 4.78 is 38.0. The van der Waals surface area contributed by atoms with E-state index in [9.17, 15) is 27.9 Å². The first-order valence-corrected chi connectivity index (χ1v) is 10.7. The Hall–Kier alpha value is -2.62. The molecule has 0 unspecified atom stereocenters. The van der Waals surface area contributed by atoms with Crippen molar-refractivity contribution in [1.82, 2.24) is 9.88 Å². The third kappa shape index (κ3) is 5.36. The summed E-state index contributed by atoms with van der Waals surface area (Å²) in [4.78, 5) is 30.6. The van der Waals surface area contributed by atoms with Crippen molar-refractivity contribution in [3.63, 3.8) is 0 Å². The zero-order valence-electron chi connectivity index (χ0n) is 17.4. The Labute approximate surface area is 182 Å². The fourth-order valence-corrected chi connectivity index (χ4v) is 4.72. The van der Waals surface area contributed by atoms with Gasteiger partial charge in [0.1, 0.15) is 4.88 Å². The van der Waals surface area contributed by atoms with Gasteiger partial charge in [-0.3, -0.25) is 0 Å². The van der Waals surface area contributed by atoms with Crippen LogP contribution in [0, 0.1) is 0 Å². The summed E-state index contributed by atoms with van der Waals surface area (Å²) in [6.45, 7) is 6.67. The number of halogens is 3. The van der Waals surface area contributed by atoms with Gasteiger partial charge in [0, 0.05) is 30.1 Å². The molecule has 0 saturated carbocycles. The first-order valence-electron chi connectivity index (χ1n) is 9.84. The number of aromatic nitrogens is 1. The van der Waals surface area contributed by atoms with Gasteiger partial charge in [0.2, 0.25) is 0 Å². The zero-order valence-corrected chi connectivity index (χ0v) is 18.2. The number of likely N-dealkylation sites (tertiary alicyclic amines) is 1. The topological polar surface area (TPSA) is 82.5 Å². The molecule has 2 N–H and O–H groups in total. The minimum absolute atomic E-state index is 0.0642. The Bertz CT molecular complexity index is 957. The van der Waals surface area contributed by atoms with E-state index in [2.05, 4.69) is 10.3 Å². The summed E-state index contributed by atoms with van der Waals surface area (Å²) in [6, 6.07) is 3.93. The third-order valence-electron chi connectivity index (χ3n) is 5.14. The van der Waals surface area contributed by atoms with E-state index in [0.29, 0.717) is 37.3 Å². The fraction of sp³-hybridized carbons (Fsp3) is 0.476. The first-order chi connectivity index (χ1) is 14.4. The van der Waals surface area contributed by atoms with E-state index in [1.165, 1.54) is 23.5 Å². The van der Waals surface area contributed by atoms with Crippen LogP contribution in [0.2, 0.25) is 0 Å². The standard InChI is InChI=1S/C21H24F3N3O3S/c1-20(2,3)16-15(18(28)29)31-17(26-16)12-8-10-27(11-9-12)19(30)25-14-6-4-13(5-7-14)21(22,23)24/h4-7,12H,8-11H2,1-3H3,(H,25,30)(H,28,29). The zero-order chi connectivity index (χ0) is 23.0. The van der Waals surface area contributed by atoms with Gasteiger partial charge in [0.25, 0.3) is 0 Å². The number of nitrogens with zero attached hydrogens (tertiary/aromatic N) is 2. The number of amides is 2. The SMILES string of the molecule is CC(C)(C)c1nc(C2CCN(C(=O)Nc3ccc(C(F)(F)F)cc3)CC2)sc1C(=O)O. The number of rotatable bonds is 3. The van der Waals surface area contributed by atoms with Crippen LogP contribution in [0.4, 0.5) is 23.7 Å². The van der Waals surface area contributed by atoms with Crippen molar-refractivity contribution < 1.29 is 27.9 Å². The molecule has 0 spiro atoms. The number of carbonyl (C=O) groups excluding carboxylic acids is 1. The van der Waals surface area contributed by atoms with Gasteiger partial charge in [-0.25, -0.2) is 14.6 Å². The summed E-state index contributed by atoms with van der Waals surface area (Å²) in [5.41, 5.74) is -0.293. The number of nitrogens with one attached hydrogen (secondary N) is 1. The second-order valence-corrected chi connectivity index (χ2v) is 9.58. The third-order valence-corrected chi connectivity index (χ3v) is 6.35. The van der Waals surface area contributed by atoms with E-state index in [1.54, 1.807) is 4.90 Å². The van der Waals surface area contributed by atoms with Crippen LogP contribution in [-0.2, 0) is 11.6 Å². The van der Waals surface area contributed by atoms with Gasteiger partial charge in [-0.05, 0) is 37.1 Å². The van der Waals surface area contributed by atoms with E-state index >= 15 is 0 Å². The van der Waals surface area contributed by atoms with Gasteiger partial charge in [0.15, 0.2) is 0 Å². The Kier molecular flexibility index (Phi) is 6.31. The first kappa shape index (κ1) is 23.1. The molecule has 1 saturated heterocycles. The number of urea groups is 1. The molecular formula is C21H24F3N3O3S. The van der Waals surface area contributed by atoms with Crippen LogP contribution >= 0.6 is 11.3 Å². The molecule has 2 heterocycles. The number of piperidine rings is 1. The quantitative estimate of drug-likeness (QED) is 0.634. The average molecular weight is 456 g/mol. The highest BCUT2D eigenvalue weighted by molar-refractivity contribution is 7.13. The molecule has 1 aromatic carbocycles. The van der Waals surface area contributed by atoms with Crippen molar-refractivity contribution in [2.45, 2.75) is 51.1 Å². The molecule has 0 bridgehead atoms. The van der Waals surface area contributed by atoms with E-state index in [4.69, 9.17) is 0 Å². The Morgan fingerprint density at radius 2 is 1.71 bits per heavy atom. The van der Waals surface area contributed by atoms with Crippen LogP contribution in [0.25, 0.3) is 0 Å². The minimum Gasteiger partial charge on any atom is -0.477 e. The number of carboxylic acids is 1. The number of aromatic carboxylic acids is 1. The van der Waals surface area contributed by atoms with Crippen LogP contribution in [0.1, 0.15) is 65.5 Å². The normalized spacial score (nSPS) is 15.7. The molecule has 2 aromatic rings. The van der Waals surface area contributed by atoms with Gasteiger partial charge < -0.3 is 15.3 Å². The lowest BCUT2D eigenvalue weighted by Crippen LogP contribution is -2.40. The maximum Gasteiger partial charge on any atom is 0.416 e. The van der Waals surface area contributed by atoms with E-state index in [0.717, 1.165) is 17.1 Å². The van der Waals surface area contributed by atoms with Crippen molar-refractivity contribution in [2.24, 2.45) is 0 Å². The van der Waals surface area contributed by atoms with Gasteiger partial charge in [-0.2, -0.15) is 13.2 Å². The molecule has 0 aliphatic carbocycles. The van der Waals surface area contributed by atoms with Crippen LogP contribution in [0.5, 0.6) is 0 Å². The Morgan fingerprint density at radius 3 is 2.16 bits per heavy atom. The number of carbonyl (C=O) groups is 2. The fourth-order valence-electron chi connectivity index (χ4n) is 3.44. The highest BCUT2D eigenvalue weighted by Gasteiger charge is 2.32. The summed E-state index contributed by atoms with van der Waals surface area (Å²) in [5.74, 6) is -0.920. The molecular weight excluding hydrogens is 431 g/mol. The second kappa shape index (κ2) is 8.49. The van der Waals surface area contributed by atoms with Crippen molar-refractivity contribution >= 4 is 29.0 Å². The molecule has 1 aliphatic heterocycles. The lowest BCUT2D eigenvalue weighted by molar-refractivity contribution is -0.137. The van der Waals surface area contributed by atoms with Gasteiger partial charge in [-0.15, -0.1) is 11.3 Å². The van der Waals surface area contributed by atoms with Gasteiger partial charge in [-0.1, -0.05) is 20.8 Å². The summed E-state index contributed by atoms with van der Waals surface area (Å²) in [6.07, 6.45) is -3.15. The molecule has 0 atom stereocenters. The molecule has 31 heavy (non-hydrogen) atoms. The van der Waals surface area contributed by atoms with Crippen molar-refractivity contribution in [3.05, 3.63) is 45.4 Å². The molecule has 6 nitrogen and oxygen atoms in total. The van der Waals surface area contributed by atoms with Crippen LogP contribution < -0.4 is 5.32 Å². The molecule has 1 aliphatic rings. The number of hydrogen-bond acceptors (Lipinski definition) is 4. The van der Waals surface area contributed by atoms with E-state index < -0.39 is 17.7 Å². The lowest BCUT2D eigenvalue weighted by Gasteiger charge is -2.31. The number of alkyl halides is 3. The van der Waals surface area contributed by atoms with Crippen molar-refractivity contribution in [1.29, 1.82) is 0 Å². The van der Waals surface area contributed by atoms with Crippen molar-refractivity contribution in [2.75, 3.05) is 18.4 Å². The number of carboxylic acid groups (broad SMARTS) is 1. The summed E-state index contributed by atoms with van der Waals surface area (Å²) >= 11 is 1.19. The lowest BCUT2D eigenvalue weighted by atomic mass is 9.91. The minimum atomic E-state index is -4.42. The highest BCUT2D eigenvalue weighted by Crippen LogP contribution is 2.37. The molecule has 3 rings (SSSR count). The molecule has 168 valence electrons. The number of benzene rings is 1. The highest BCUT2D eigenvalue weighted by atomic mass is 32.1. The second-order valence-electron chi connectivity index (χ2n) is 8.55. The number of thiazole rings is 1. The molecule has 10 heteroatoms. The molecule has 1 aromatic heterocycles. The predicted molar refractivity (Wildman–Crippen MR) is 112 cm³/mol. The van der Waals surface area contributed by atoms with E-state index in [-0.39, 0.29) is 22.2 Å². The summed E-state index contributed by atoms with van der Waals surface area (Å²) in [7, 11) is 0. The average Bonchev–Trinajstić information content (AvgIpc) is 3.14. The van der Waals surface area contributed by atoms with Gasteiger partial charge >= 0.3 is 18.2 Å². The molecule has 1 fully saturated rings. The smallest absolute Gasteiger partial charge is 0.416 e. The maximum absolute atomic E-state index is 12.7. The largest absolute Gasteiger partial charge is 0.477 e. The summed E-state index contributed by atoms with van der Waals surface area (Å²) in [5, 5.41) is 12.9. The van der Waals surface area contributed by atoms with E-state index in [1.807, 2.05) is 20.8 Å². The van der Waals surface area contributed by atoms with Crippen molar-refractivity contribution in [3.8, 4) is 0 Å². The number of hydrogen-bond donors (Lipinski definition) is 2. The predicted octanol–water partition coefficient (Wildman–Crippen LogP) is 5.57. The van der Waals surface area contributed by atoms with Crippen LogP contribution in [0.3, 0.4) is 0 Å². The Morgan fingerprint density at radius 1 is 1.13 bits per heavy atom. The molecule has 2 amide bonds. The molecule has 0 radical (unpaired) electrons. The number of anilines is 1. The van der Waals surface area contributed by atoms with Crippen LogP contribution in [-0.4, -0.2) is 40.1 Å².